The number of nitrogens with zero attached hydrogens (tertiary/aromatic N) is 1. The van der Waals surface area contributed by atoms with Crippen molar-refractivity contribution < 1.29 is 23.1 Å². The number of thiophene rings is 1. The molecule has 3 N–H and O–H groups in total. The first-order valence-corrected chi connectivity index (χ1v) is 10.8. The molecule has 0 radical (unpaired) electrons. The summed E-state index contributed by atoms with van der Waals surface area (Å²) in [5.74, 6) is -1.76. The fraction of sp³-hybridized carbons (Fsp3) is 0.429. The van der Waals surface area contributed by atoms with Crippen LogP contribution in [0.25, 0.3) is 10.4 Å². The number of rotatable bonds is 6. The fourth-order valence-electron chi connectivity index (χ4n) is 3.31. The van der Waals surface area contributed by atoms with E-state index in [0.29, 0.717) is 24.6 Å². The van der Waals surface area contributed by atoms with E-state index in [9.17, 15) is 18.4 Å². The summed E-state index contributed by atoms with van der Waals surface area (Å²) in [6.45, 7) is 3.36. The van der Waals surface area contributed by atoms with Gasteiger partial charge < -0.3 is 20.7 Å². The summed E-state index contributed by atoms with van der Waals surface area (Å²) >= 11 is 1.05. The first kappa shape index (κ1) is 22.0. The quantitative estimate of drug-likeness (QED) is 0.656. The molecule has 1 aromatic heterocycles. The third kappa shape index (κ3) is 5.27. The van der Waals surface area contributed by atoms with Gasteiger partial charge in [0.05, 0.1) is 12.3 Å². The largest absolute Gasteiger partial charge is 0.449 e. The van der Waals surface area contributed by atoms with Gasteiger partial charge in [-0.3, -0.25) is 4.79 Å². The third-order valence-corrected chi connectivity index (χ3v) is 6.08. The predicted molar refractivity (Wildman–Crippen MR) is 112 cm³/mol. The lowest BCUT2D eigenvalue weighted by Crippen LogP contribution is -2.49. The highest BCUT2D eigenvalue weighted by molar-refractivity contribution is 7.18. The summed E-state index contributed by atoms with van der Waals surface area (Å²) in [5, 5.41) is 2.90. The molecule has 1 aliphatic rings. The van der Waals surface area contributed by atoms with E-state index in [-0.39, 0.29) is 34.2 Å². The molecule has 30 heavy (non-hydrogen) atoms. The molecule has 0 unspecified atom stereocenters. The Kier molecular flexibility index (Phi) is 7.25. The van der Waals surface area contributed by atoms with E-state index in [1.807, 2.05) is 6.92 Å². The van der Waals surface area contributed by atoms with E-state index in [1.54, 1.807) is 4.90 Å². The molecule has 0 saturated carbocycles. The number of amides is 2. The van der Waals surface area contributed by atoms with E-state index < -0.39 is 11.6 Å². The summed E-state index contributed by atoms with van der Waals surface area (Å²) < 4.78 is 32.5. The molecule has 3 rings (SSSR count). The van der Waals surface area contributed by atoms with Crippen molar-refractivity contribution in [3.8, 4) is 10.4 Å². The molecule has 6 nitrogen and oxygen atoms in total. The number of hydrogen-bond donors (Lipinski definition) is 2. The Balaban J connectivity index is 1.64. The number of hydrogen-bond acceptors (Lipinski definition) is 5. The number of carbonyl (C=O) groups is 2. The lowest BCUT2D eigenvalue weighted by Gasteiger charge is -2.32. The van der Waals surface area contributed by atoms with Crippen LogP contribution >= 0.6 is 11.3 Å². The minimum atomic E-state index is -0.715. The standard InChI is InChI=1S/C21H25F2N3O3S/c1-2-3-9-29-21(28)26-8-4-5-14(12-26)25-20(27)19-17(24)11-18(30-19)15-7-6-13(22)10-16(15)23/h6-7,10-11,14H,2-5,8-9,12,24H2,1H3,(H,25,27)/t14-/m0/s1. The summed E-state index contributed by atoms with van der Waals surface area (Å²) in [4.78, 5) is 27.2. The summed E-state index contributed by atoms with van der Waals surface area (Å²) in [6, 6.07) is 4.55. The molecule has 2 heterocycles. The zero-order chi connectivity index (χ0) is 21.7. The number of nitrogens with one attached hydrogen (secondary N) is 1. The normalized spacial score (nSPS) is 16.4. The maximum Gasteiger partial charge on any atom is 0.409 e. The van der Waals surface area contributed by atoms with Gasteiger partial charge in [0.1, 0.15) is 16.5 Å². The number of halogens is 2. The fourth-order valence-corrected chi connectivity index (χ4v) is 4.32. The summed E-state index contributed by atoms with van der Waals surface area (Å²) in [7, 11) is 0. The minimum Gasteiger partial charge on any atom is -0.449 e. The van der Waals surface area contributed by atoms with Crippen LogP contribution in [0.1, 0.15) is 42.3 Å². The van der Waals surface area contributed by atoms with Crippen molar-refractivity contribution in [1.29, 1.82) is 0 Å². The summed E-state index contributed by atoms with van der Waals surface area (Å²) in [6.07, 6.45) is 2.87. The highest BCUT2D eigenvalue weighted by Crippen LogP contribution is 2.35. The molecular formula is C21H25F2N3O3S. The number of ether oxygens (including phenoxy) is 1. The Hall–Kier alpha value is -2.68. The van der Waals surface area contributed by atoms with Crippen LogP contribution in [0.5, 0.6) is 0 Å². The number of nitrogen functional groups attached to an aromatic ring is 1. The van der Waals surface area contributed by atoms with E-state index in [2.05, 4.69) is 5.32 Å². The van der Waals surface area contributed by atoms with Crippen molar-refractivity contribution in [2.45, 2.75) is 38.6 Å². The first-order chi connectivity index (χ1) is 14.4. The molecule has 0 spiro atoms. The van der Waals surface area contributed by atoms with Gasteiger partial charge in [-0.15, -0.1) is 11.3 Å². The SMILES string of the molecule is CCCCOC(=O)N1CCC[C@H](NC(=O)c2sc(-c3ccc(F)cc3F)cc2N)C1. The van der Waals surface area contributed by atoms with E-state index >= 15 is 0 Å². The Bertz CT molecular complexity index is 919. The summed E-state index contributed by atoms with van der Waals surface area (Å²) in [5.41, 5.74) is 6.39. The third-order valence-electron chi connectivity index (χ3n) is 4.90. The Morgan fingerprint density at radius 1 is 1.33 bits per heavy atom. The monoisotopic (exact) mass is 437 g/mol. The molecule has 0 aliphatic carbocycles. The van der Waals surface area contributed by atoms with Crippen molar-refractivity contribution in [3.63, 3.8) is 0 Å². The molecule has 1 aromatic carbocycles. The van der Waals surface area contributed by atoms with Crippen molar-refractivity contribution in [2.24, 2.45) is 0 Å². The smallest absolute Gasteiger partial charge is 0.409 e. The number of unbranched alkanes of at least 4 members (excludes halogenated alkanes) is 1. The second kappa shape index (κ2) is 9.88. The lowest BCUT2D eigenvalue weighted by atomic mass is 10.1. The topological polar surface area (TPSA) is 84.7 Å². The van der Waals surface area contributed by atoms with Crippen LogP contribution in [-0.2, 0) is 4.74 Å². The molecular weight excluding hydrogens is 412 g/mol. The lowest BCUT2D eigenvalue weighted by molar-refractivity contribution is 0.0798. The Morgan fingerprint density at radius 3 is 2.87 bits per heavy atom. The maximum atomic E-state index is 14.1. The zero-order valence-corrected chi connectivity index (χ0v) is 17.6. The van der Waals surface area contributed by atoms with E-state index in [1.165, 1.54) is 12.1 Å². The van der Waals surface area contributed by atoms with Gasteiger partial charge in [-0.2, -0.15) is 0 Å². The van der Waals surface area contributed by atoms with Gasteiger partial charge in [-0.1, -0.05) is 13.3 Å². The van der Waals surface area contributed by atoms with Crippen LogP contribution in [0.2, 0.25) is 0 Å². The van der Waals surface area contributed by atoms with Gasteiger partial charge in [0, 0.05) is 35.6 Å². The molecule has 2 aromatic rings. The van der Waals surface area contributed by atoms with E-state index in [4.69, 9.17) is 10.5 Å². The van der Waals surface area contributed by atoms with Crippen molar-refractivity contribution >= 4 is 29.0 Å². The minimum absolute atomic E-state index is 0.186. The van der Waals surface area contributed by atoms with Gasteiger partial charge in [0.2, 0.25) is 0 Å². The molecule has 1 aliphatic heterocycles. The average molecular weight is 438 g/mol. The zero-order valence-electron chi connectivity index (χ0n) is 16.7. The number of carbonyl (C=O) groups excluding carboxylic acids is 2. The van der Waals surface area contributed by atoms with Crippen LogP contribution in [0.15, 0.2) is 24.3 Å². The molecule has 1 atom stereocenters. The first-order valence-electron chi connectivity index (χ1n) is 9.96. The van der Waals surface area contributed by atoms with Crippen LogP contribution in [0.4, 0.5) is 19.3 Å². The molecule has 9 heteroatoms. The van der Waals surface area contributed by atoms with E-state index in [0.717, 1.165) is 49.2 Å². The predicted octanol–water partition coefficient (Wildman–Crippen LogP) is 4.41. The number of anilines is 1. The molecule has 162 valence electrons. The second-order valence-corrected chi connectivity index (χ2v) is 8.30. The van der Waals surface area contributed by atoms with Gasteiger partial charge in [-0.05, 0) is 37.5 Å². The second-order valence-electron chi connectivity index (χ2n) is 7.25. The number of likely N-dealkylation sites (tertiary alicyclic amines) is 1. The highest BCUT2D eigenvalue weighted by Gasteiger charge is 2.27. The van der Waals surface area contributed by atoms with Crippen LogP contribution in [-0.4, -0.2) is 42.6 Å². The number of nitrogens with two attached hydrogens (primary N) is 1. The van der Waals surface area contributed by atoms with Crippen LogP contribution < -0.4 is 11.1 Å². The Labute approximate surface area is 178 Å². The maximum absolute atomic E-state index is 14.1. The van der Waals surface area contributed by atoms with Gasteiger partial charge in [-0.25, -0.2) is 13.6 Å². The Morgan fingerprint density at radius 2 is 2.13 bits per heavy atom. The van der Waals surface area contributed by atoms with Crippen molar-refractivity contribution in [2.75, 3.05) is 25.4 Å². The average Bonchev–Trinajstić information content (AvgIpc) is 3.09. The molecule has 1 saturated heterocycles. The van der Waals surface area contributed by atoms with Crippen molar-refractivity contribution in [1.82, 2.24) is 10.2 Å². The number of piperidine rings is 1. The van der Waals surface area contributed by atoms with Gasteiger partial charge >= 0.3 is 6.09 Å². The van der Waals surface area contributed by atoms with Crippen LogP contribution in [0, 0.1) is 11.6 Å². The van der Waals surface area contributed by atoms with Crippen LogP contribution in [0.3, 0.4) is 0 Å². The highest BCUT2D eigenvalue weighted by atomic mass is 32.1. The molecule has 1 fully saturated rings. The van der Waals surface area contributed by atoms with Gasteiger partial charge in [0.15, 0.2) is 0 Å². The number of benzene rings is 1. The molecule has 2 amide bonds. The van der Waals surface area contributed by atoms with Crippen molar-refractivity contribution in [3.05, 3.63) is 40.8 Å². The van der Waals surface area contributed by atoms with Gasteiger partial charge in [0.25, 0.3) is 5.91 Å². The molecule has 0 bridgehead atoms.